The summed E-state index contributed by atoms with van der Waals surface area (Å²) in [6.45, 7) is 7.25. The van der Waals surface area contributed by atoms with Crippen LogP contribution in [-0.4, -0.2) is 6.66 Å². The van der Waals surface area contributed by atoms with Crippen molar-refractivity contribution in [3.8, 4) is 5.75 Å². The number of hydrogen-bond acceptors (Lipinski definition) is 1. The van der Waals surface area contributed by atoms with Crippen molar-refractivity contribution in [1.82, 2.24) is 0 Å². The number of rotatable bonds is 7. The van der Waals surface area contributed by atoms with Gasteiger partial charge in [0, 0.05) is 5.30 Å². The van der Waals surface area contributed by atoms with Crippen molar-refractivity contribution in [3.05, 3.63) is 89.0 Å². The van der Waals surface area contributed by atoms with Crippen LogP contribution < -0.4 is 15.3 Å². The van der Waals surface area contributed by atoms with Gasteiger partial charge in [0.1, 0.15) is 12.4 Å². The zero-order chi connectivity index (χ0) is 18.4. The lowest BCUT2D eigenvalue weighted by Gasteiger charge is -2.17. The van der Waals surface area contributed by atoms with E-state index >= 15 is 0 Å². The molecule has 134 valence electrons. The van der Waals surface area contributed by atoms with Gasteiger partial charge in [0.05, 0.1) is 0 Å². The van der Waals surface area contributed by atoms with Crippen LogP contribution in [0.4, 0.5) is 0 Å². The molecule has 3 aromatic carbocycles. The third-order valence-electron chi connectivity index (χ3n) is 4.42. The normalized spacial score (nSPS) is 11.7. The molecule has 3 heteroatoms. The number of benzene rings is 3. The van der Waals surface area contributed by atoms with Crippen molar-refractivity contribution in [2.75, 3.05) is 6.66 Å². The SMILES string of the molecule is CPCc1cccc(C)c1Pc1cccc(C)c1OCc1ccccc1. The van der Waals surface area contributed by atoms with Crippen molar-refractivity contribution in [2.24, 2.45) is 0 Å². The predicted octanol–water partition coefficient (Wildman–Crippen LogP) is 5.32. The molecule has 2 unspecified atom stereocenters. The summed E-state index contributed by atoms with van der Waals surface area (Å²) in [4.78, 5) is 0. The fourth-order valence-electron chi connectivity index (χ4n) is 3.05. The number of hydrogen-bond donors (Lipinski definition) is 0. The summed E-state index contributed by atoms with van der Waals surface area (Å²) in [5.74, 6) is 1.04. The van der Waals surface area contributed by atoms with E-state index in [1.54, 1.807) is 0 Å². The lowest BCUT2D eigenvalue weighted by atomic mass is 10.1. The van der Waals surface area contributed by atoms with Crippen LogP contribution in [0.2, 0.25) is 0 Å². The first-order valence-corrected chi connectivity index (χ1v) is 11.7. The van der Waals surface area contributed by atoms with E-state index < -0.39 is 0 Å². The second-order valence-electron chi connectivity index (χ2n) is 6.49. The fourth-order valence-corrected chi connectivity index (χ4v) is 5.35. The molecule has 0 aliphatic heterocycles. The molecule has 1 nitrogen and oxygen atoms in total. The van der Waals surface area contributed by atoms with Gasteiger partial charge in [-0.1, -0.05) is 75.3 Å². The lowest BCUT2D eigenvalue weighted by molar-refractivity contribution is 0.307. The standard InChI is InChI=1S/C23H26OP2/c1-17-9-8-14-21(22(17)24-15-19-11-5-4-6-12-19)26-23-18(2)10-7-13-20(23)16-25-3/h4-14,25-26H,15-16H2,1-3H3. The first kappa shape index (κ1) is 19.1. The third kappa shape index (κ3) is 4.73. The average molecular weight is 380 g/mol. The van der Waals surface area contributed by atoms with Crippen LogP contribution in [0.15, 0.2) is 66.7 Å². The molecule has 0 amide bonds. The molecule has 0 heterocycles. The Morgan fingerprint density at radius 3 is 2.31 bits per heavy atom. The largest absolute Gasteiger partial charge is 0.488 e. The minimum Gasteiger partial charge on any atom is -0.488 e. The zero-order valence-electron chi connectivity index (χ0n) is 15.7. The molecule has 0 spiro atoms. The highest BCUT2D eigenvalue weighted by molar-refractivity contribution is 7.56. The first-order valence-electron chi connectivity index (χ1n) is 8.95. The highest BCUT2D eigenvalue weighted by atomic mass is 31.1. The number of para-hydroxylation sites is 1. The molecule has 0 fully saturated rings. The Hall–Kier alpha value is -1.68. The van der Waals surface area contributed by atoms with E-state index in [2.05, 4.69) is 81.2 Å². The smallest absolute Gasteiger partial charge is 0.130 e. The van der Waals surface area contributed by atoms with Crippen LogP contribution in [0.25, 0.3) is 0 Å². The molecule has 0 saturated carbocycles. The highest BCUT2D eigenvalue weighted by Gasteiger charge is 2.12. The van der Waals surface area contributed by atoms with Gasteiger partial charge in [-0.25, -0.2) is 0 Å². The molecular weight excluding hydrogens is 354 g/mol. The summed E-state index contributed by atoms with van der Waals surface area (Å²) >= 11 is 0. The summed E-state index contributed by atoms with van der Waals surface area (Å²) in [5, 5.41) is 2.79. The lowest BCUT2D eigenvalue weighted by Crippen LogP contribution is -2.14. The molecule has 3 rings (SSSR count). The topological polar surface area (TPSA) is 9.23 Å². The fraction of sp³-hybridized carbons (Fsp3) is 0.217. The van der Waals surface area contributed by atoms with Crippen molar-refractivity contribution in [1.29, 1.82) is 0 Å². The molecule has 26 heavy (non-hydrogen) atoms. The van der Waals surface area contributed by atoms with E-state index in [-0.39, 0.29) is 0 Å². The monoisotopic (exact) mass is 380 g/mol. The maximum Gasteiger partial charge on any atom is 0.130 e. The molecule has 0 aromatic heterocycles. The van der Waals surface area contributed by atoms with Gasteiger partial charge in [-0.15, -0.1) is 8.58 Å². The van der Waals surface area contributed by atoms with Gasteiger partial charge in [0.2, 0.25) is 0 Å². The Morgan fingerprint density at radius 2 is 1.54 bits per heavy atom. The Labute approximate surface area is 160 Å². The zero-order valence-corrected chi connectivity index (χ0v) is 17.7. The highest BCUT2D eigenvalue weighted by Crippen LogP contribution is 2.27. The van der Waals surface area contributed by atoms with E-state index in [4.69, 9.17) is 4.74 Å². The minimum absolute atomic E-state index is 0.611. The molecule has 0 aliphatic carbocycles. The van der Waals surface area contributed by atoms with E-state index in [9.17, 15) is 0 Å². The minimum atomic E-state index is 0.611. The first-order chi connectivity index (χ1) is 12.7. The Balaban J connectivity index is 1.88. The Morgan fingerprint density at radius 1 is 0.808 bits per heavy atom. The van der Waals surface area contributed by atoms with Crippen LogP contribution in [0, 0.1) is 13.8 Å². The second-order valence-corrected chi connectivity index (χ2v) is 8.84. The number of aryl methyl sites for hydroxylation is 2. The summed E-state index contributed by atoms with van der Waals surface area (Å²) < 4.78 is 6.27. The summed E-state index contributed by atoms with van der Waals surface area (Å²) in [6, 6.07) is 23.6. The molecule has 2 atom stereocenters. The van der Waals surface area contributed by atoms with Gasteiger partial charge < -0.3 is 4.74 Å². The Bertz CT molecular complexity index is 859. The van der Waals surface area contributed by atoms with E-state index in [0.29, 0.717) is 15.2 Å². The second kappa shape index (κ2) is 9.31. The van der Waals surface area contributed by atoms with Crippen LogP contribution in [0.3, 0.4) is 0 Å². The van der Waals surface area contributed by atoms with Crippen molar-refractivity contribution < 1.29 is 4.74 Å². The molecule has 0 aliphatic rings. The molecule has 0 bridgehead atoms. The third-order valence-corrected chi connectivity index (χ3v) is 6.79. The summed E-state index contributed by atoms with van der Waals surface area (Å²) in [6.07, 6.45) is 1.16. The summed E-state index contributed by atoms with van der Waals surface area (Å²) in [5.41, 5.74) is 5.28. The Kier molecular flexibility index (Phi) is 6.84. The van der Waals surface area contributed by atoms with Crippen LogP contribution in [0.1, 0.15) is 22.3 Å². The van der Waals surface area contributed by atoms with E-state index in [1.165, 1.54) is 32.9 Å². The van der Waals surface area contributed by atoms with Gasteiger partial charge >= 0.3 is 0 Å². The van der Waals surface area contributed by atoms with Crippen molar-refractivity contribution >= 4 is 27.8 Å². The van der Waals surface area contributed by atoms with Crippen molar-refractivity contribution in [2.45, 2.75) is 26.6 Å². The van der Waals surface area contributed by atoms with Gasteiger partial charge in [-0.05, 0) is 54.2 Å². The summed E-state index contributed by atoms with van der Waals surface area (Å²) in [7, 11) is 1.56. The van der Waals surface area contributed by atoms with Crippen LogP contribution in [0.5, 0.6) is 5.75 Å². The molecule has 0 saturated heterocycles. The van der Waals surface area contributed by atoms with Gasteiger partial charge in [-0.2, -0.15) is 0 Å². The van der Waals surface area contributed by atoms with Crippen LogP contribution in [-0.2, 0) is 12.8 Å². The predicted molar refractivity (Wildman–Crippen MR) is 119 cm³/mol. The molecular formula is C23H26OP2. The van der Waals surface area contributed by atoms with Gasteiger partial charge in [-0.3, -0.25) is 0 Å². The van der Waals surface area contributed by atoms with Crippen molar-refractivity contribution in [3.63, 3.8) is 0 Å². The number of ether oxygens (including phenoxy) is 1. The molecule has 0 radical (unpaired) electrons. The van der Waals surface area contributed by atoms with Crippen LogP contribution >= 0.6 is 17.2 Å². The molecule has 3 aromatic rings. The molecule has 0 N–H and O–H groups in total. The quantitative estimate of drug-likeness (QED) is 0.504. The van der Waals surface area contributed by atoms with Gasteiger partial charge in [0.15, 0.2) is 0 Å². The van der Waals surface area contributed by atoms with E-state index in [1.807, 2.05) is 6.07 Å². The maximum atomic E-state index is 6.27. The average Bonchev–Trinajstić information content (AvgIpc) is 2.65. The van der Waals surface area contributed by atoms with Gasteiger partial charge in [0.25, 0.3) is 0 Å². The van der Waals surface area contributed by atoms with E-state index in [0.717, 1.165) is 20.5 Å². The maximum absolute atomic E-state index is 6.27.